The fourth-order valence-corrected chi connectivity index (χ4v) is 3.21. The van der Waals surface area contributed by atoms with Crippen molar-refractivity contribution in [3.05, 3.63) is 48.5 Å². The molecule has 8 nitrogen and oxygen atoms in total. The lowest BCUT2D eigenvalue weighted by molar-refractivity contribution is -0.0254. The number of rotatable bonds is 5. The number of aliphatic hydroxyl groups is 1. The Morgan fingerprint density at radius 1 is 1.24 bits per heavy atom. The highest BCUT2D eigenvalue weighted by molar-refractivity contribution is 5.81. The molecule has 1 aliphatic rings. The predicted molar refractivity (Wildman–Crippen MR) is 92.4 cm³/mol. The molecule has 4 N–H and O–H groups in total. The number of nitrogens with one attached hydrogen (secondary N) is 1. The molecule has 0 amide bonds. The molecular formula is C17H20N6O2. The highest BCUT2D eigenvalue weighted by atomic mass is 16.5. The second kappa shape index (κ2) is 6.75. The average Bonchev–Trinajstić information content (AvgIpc) is 3.25. The summed E-state index contributed by atoms with van der Waals surface area (Å²) in [6.45, 7) is 0.671. The fourth-order valence-electron chi connectivity index (χ4n) is 3.21. The molecule has 2 aromatic heterocycles. The Bertz CT molecular complexity index is 853. The number of benzene rings is 1. The highest BCUT2D eigenvalue weighted by Gasteiger charge is 2.36. The van der Waals surface area contributed by atoms with E-state index in [4.69, 9.17) is 10.5 Å². The molecule has 1 saturated heterocycles. The van der Waals surface area contributed by atoms with Gasteiger partial charge in [0.15, 0.2) is 11.5 Å². The molecular weight excluding hydrogens is 320 g/mol. The number of nitrogen functional groups attached to an aromatic ring is 1. The van der Waals surface area contributed by atoms with Crippen LogP contribution >= 0.6 is 0 Å². The van der Waals surface area contributed by atoms with Crippen LogP contribution in [0.25, 0.3) is 11.2 Å². The van der Waals surface area contributed by atoms with Crippen molar-refractivity contribution in [3.8, 4) is 0 Å². The fraction of sp³-hybridized carbons (Fsp3) is 0.353. The van der Waals surface area contributed by atoms with E-state index in [1.165, 1.54) is 11.9 Å². The molecule has 1 aliphatic heterocycles. The van der Waals surface area contributed by atoms with Gasteiger partial charge in [0.05, 0.1) is 19.0 Å². The summed E-state index contributed by atoms with van der Waals surface area (Å²) in [5.74, 6) is 0.346. The third-order valence-electron chi connectivity index (χ3n) is 4.52. The van der Waals surface area contributed by atoms with Crippen molar-refractivity contribution in [3.63, 3.8) is 0 Å². The predicted octanol–water partition coefficient (Wildman–Crippen LogP) is 0.847. The topological polar surface area (TPSA) is 111 Å². The van der Waals surface area contributed by atoms with Gasteiger partial charge < -0.3 is 20.9 Å². The molecule has 3 heterocycles. The monoisotopic (exact) mass is 340 g/mol. The zero-order valence-electron chi connectivity index (χ0n) is 13.6. The van der Waals surface area contributed by atoms with Gasteiger partial charge in [0, 0.05) is 19.0 Å². The van der Waals surface area contributed by atoms with Crippen LogP contribution in [-0.4, -0.2) is 43.4 Å². The number of ether oxygens (including phenoxy) is 1. The Kier molecular flexibility index (Phi) is 4.31. The van der Waals surface area contributed by atoms with E-state index in [0.717, 1.165) is 6.54 Å². The molecule has 4 rings (SSSR count). The second-order valence-corrected chi connectivity index (χ2v) is 6.10. The second-order valence-electron chi connectivity index (χ2n) is 6.10. The summed E-state index contributed by atoms with van der Waals surface area (Å²) in [6, 6.07) is 10.2. The molecule has 0 saturated carbocycles. The van der Waals surface area contributed by atoms with Gasteiger partial charge in [-0.15, -0.1) is 0 Å². The van der Waals surface area contributed by atoms with Crippen molar-refractivity contribution in [2.75, 3.05) is 12.3 Å². The van der Waals surface area contributed by atoms with Gasteiger partial charge in [-0.3, -0.25) is 4.57 Å². The number of nitrogens with zero attached hydrogens (tertiary/aromatic N) is 4. The van der Waals surface area contributed by atoms with Crippen LogP contribution in [0.4, 0.5) is 5.82 Å². The van der Waals surface area contributed by atoms with E-state index in [1.54, 1.807) is 6.33 Å². The lowest BCUT2D eigenvalue weighted by atomic mass is 10.1. The molecule has 0 unspecified atom stereocenters. The average molecular weight is 340 g/mol. The molecule has 0 bridgehead atoms. The van der Waals surface area contributed by atoms with Crippen LogP contribution < -0.4 is 11.1 Å². The van der Waals surface area contributed by atoms with Crippen LogP contribution in [0.15, 0.2) is 43.0 Å². The lowest BCUT2D eigenvalue weighted by Crippen LogP contribution is -2.37. The van der Waals surface area contributed by atoms with Gasteiger partial charge in [0.25, 0.3) is 0 Å². The minimum absolute atomic E-state index is 0.0341. The maximum Gasteiger partial charge on any atom is 0.167 e. The highest BCUT2D eigenvalue weighted by Crippen LogP contribution is 2.31. The Balaban J connectivity index is 1.51. The molecule has 8 heteroatoms. The molecule has 3 atom stereocenters. The first-order chi connectivity index (χ1) is 12.3. The molecule has 130 valence electrons. The van der Waals surface area contributed by atoms with Crippen molar-refractivity contribution in [2.45, 2.75) is 31.3 Å². The van der Waals surface area contributed by atoms with E-state index in [2.05, 4.69) is 32.4 Å². The van der Waals surface area contributed by atoms with Gasteiger partial charge >= 0.3 is 0 Å². The minimum atomic E-state index is -0.287. The molecule has 1 fully saturated rings. The molecule has 3 aromatic rings. The van der Waals surface area contributed by atoms with E-state index in [9.17, 15) is 5.11 Å². The maximum absolute atomic E-state index is 9.67. The normalized spacial score (nSPS) is 23.3. The van der Waals surface area contributed by atoms with Crippen LogP contribution in [-0.2, 0) is 11.3 Å². The van der Waals surface area contributed by atoms with Gasteiger partial charge in [-0.25, -0.2) is 15.0 Å². The van der Waals surface area contributed by atoms with Crippen molar-refractivity contribution in [1.82, 2.24) is 24.8 Å². The number of aromatic nitrogens is 4. The number of imidazole rings is 1. The quantitative estimate of drug-likeness (QED) is 0.631. The Labute approximate surface area is 144 Å². The van der Waals surface area contributed by atoms with Crippen LogP contribution in [0.2, 0.25) is 0 Å². The number of fused-ring (bicyclic) bond motifs is 1. The van der Waals surface area contributed by atoms with Gasteiger partial charge in [0.1, 0.15) is 18.1 Å². The van der Waals surface area contributed by atoms with Crippen LogP contribution in [0.3, 0.4) is 0 Å². The number of nitrogens with two attached hydrogens (primary N) is 1. The van der Waals surface area contributed by atoms with E-state index in [0.29, 0.717) is 23.4 Å². The summed E-state index contributed by atoms with van der Waals surface area (Å²) in [6.07, 6.45) is 3.23. The number of anilines is 1. The first kappa shape index (κ1) is 15.9. The van der Waals surface area contributed by atoms with Crippen molar-refractivity contribution < 1.29 is 9.84 Å². The summed E-state index contributed by atoms with van der Waals surface area (Å²) in [7, 11) is 0. The van der Waals surface area contributed by atoms with Crippen LogP contribution in [0.5, 0.6) is 0 Å². The van der Waals surface area contributed by atoms with E-state index >= 15 is 0 Å². The molecule has 0 aliphatic carbocycles. The number of hydrogen-bond donors (Lipinski definition) is 3. The summed E-state index contributed by atoms with van der Waals surface area (Å²) in [5.41, 5.74) is 8.23. The van der Waals surface area contributed by atoms with Gasteiger partial charge in [-0.05, 0) is 5.56 Å². The third kappa shape index (κ3) is 3.07. The summed E-state index contributed by atoms with van der Waals surface area (Å²) < 4.78 is 7.86. The van der Waals surface area contributed by atoms with Gasteiger partial charge in [-0.2, -0.15) is 0 Å². The standard InChI is InChI=1S/C17H20N6O2/c18-16-15-17(21-9-20-16)23(10-22-15)14-6-12(13(8-24)25-14)19-7-11-4-2-1-3-5-11/h1-5,9-10,12-14,19,24H,6-8H2,(H2,18,20,21)/t12-,13-,14-/m1/s1. The maximum atomic E-state index is 9.67. The SMILES string of the molecule is Nc1ncnc2c1ncn2[C@H]1C[C@@H](NCc2ccccc2)[C@@H](CO)O1. The molecule has 0 radical (unpaired) electrons. The Morgan fingerprint density at radius 2 is 2.08 bits per heavy atom. The molecule has 25 heavy (non-hydrogen) atoms. The summed E-state index contributed by atoms with van der Waals surface area (Å²) in [4.78, 5) is 12.5. The third-order valence-corrected chi connectivity index (χ3v) is 4.52. The van der Waals surface area contributed by atoms with Crippen molar-refractivity contribution >= 4 is 17.0 Å². The van der Waals surface area contributed by atoms with E-state index in [1.807, 2.05) is 22.8 Å². The summed E-state index contributed by atoms with van der Waals surface area (Å²) >= 11 is 0. The Hall–Kier alpha value is -2.55. The molecule has 0 spiro atoms. The smallest absolute Gasteiger partial charge is 0.167 e. The number of hydrogen-bond acceptors (Lipinski definition) is 7. The van der Waals surface area contributed by atoms with Gasteiger partial charge in [-0.1, -0.05) is 30.3 Å². The van der Waals surface area contributed by atoms with Crippen molar-refractivity contribution in [2.24, 2.45) is 0 Å². The Morgan fingerprint density at radius 3 is 2.88 bits per heavy atom. The van der Waals surface area contributed by atoms with Crippen LogP contribution in [0.1, 0.15) is 18.2 Å². The number of aliphatic hydroxyl groups excluding tert-OH is 1. The first-order valence-corrected chi connectivity index (χ1v) is 8.23. The zero-order chi connectivity index (χ0) is 17.2. The minimum Gasteiger partial charge on any atom is -0.394 e. The van der Waals surface area contributed by atoms with E-state index < -0.39 is 0 Å². The molecule has 1 aromatic carbocycles. The van der Waals surface area contributed by atoms with Gasteiger partial charge in [0.2, 0.25) is 0 Å². The lowest BCUT2D eigenvalue weighted by Gasteiger charge is -2.17. The zero-order valence-corrected chi connectivity index (χ0v) is 13.6. The van der Waals surface area contributed by atoms with E-state index in [-0.39, 0.29) is 25.0 Å². The largest absolute Gasteiger partial charge is 0.394 e. The van der Waals surface area contributed by atoms with Crippen LogP contribution in [0, 0.1) is 0 Å². The first-order valence-electron chi connectivity index (χ1n) is 8.23. The summed E-state index contributed by atoms with van der Waals surface area (Å²) in [5, 5.41) is 13.1. The van der Waals surface area contributed by atoms with Crippen molar-refractivity contribution in [1.29, 1.82) is 0 Å².